The zero-order valence-corrected chi connectivity index (χ0v) is 11.1. The summed E-state index contributed by atoms with van der Waals surface area (Å²) in [5.74, 6) is -1.30. The van der Waals surface area contributed by atoms with E-state index in [9.17, 15) is 19.3 Å². The Morgan fingerprint density at radius 2 is 2.05 bits per heavy atom. The lowest BCUT2D eigenvalue weighted by molar-refractivity contribution is -0.383. The van der Waals surface area contributed by atoms with Gasteiger partial charge in [-0.1, -0.05) is 12.1 Å². The fourth-order valence-corrected chi connectivity index (χ4v) is 1.82. The molecule has 0 aliphatic rings. The third kappa shape index (κ3) is 2.97. The zero-order valence-electron chi connectivity index (χ0n) is 11.1. The minimum absolute atomic E-state index is 0.0171. The van der Waals surface area contributed by atoms with Gasteiger partial charge in [0.2, 0.25) is 0 Å². The van der Waals surface area contributed by atoms with Gasteiger partial charge in [-0.3, -0.25) is 14.9 Å². The van der Waals surface area contributed by atoms with Gasteiger partial charge in [-0.15, -0.1) is 0 Å². The molecule has 0 aliphatic carbocycles. The Balaban J connectivity index is 2.33. The van der Waals surface area contributed by atoms with E-state index in [0.29, 0.717) is 5.56 Å². The van der Waals surface area contributed by atoms with Gasteiger partial charge in [0.05, 0.1) is 16.2 Å². The molecule has 0 radical (unpaired) electrons. The van der Waals surface area contributed by atoms with Crippen LogP contribution in [0.2, 0.25) is 0 Å². The van der Waals surface area contributed by atoms with Gasteiger partial charge in [0.15, 0.2) is 0 Å². The van der Waals surface area contributed by atoms with Gasteiger partial charge in [-0.25, -0.2) is 4.39 Å². The van der Waals surface area contributed by atoms with Crippen LogP contribution in [-0.2, 0) is 0 Å². The molecule has 21 heavy (non-hydrogen) atoms. The van der Waals surface area contributed by atoms with Crippen molar-refractivity contribution in [3.05, 3.63) is 63.5 Å². The highest BCUT2D eigenvalue weighted by atomic mass is 19.1. The Morgan fingerprint density at radius 3 is 2.67 bits per heavy atom. The van der Waals surface area contributed by atoms with Crippen LogP contribution in [0.15, 0.2) is 36.4 Å². The Morgan fingerprint density at radius 1 is 1.33 bits per heavy atom. The maximum absolute atomic E-state index is 13.7. The number of nitrogens with zero attached hydrogens (tertiary/aromatic N) is 1. The summed E-state index contributed by atoms with van der Waals surface area (Å²) in [6.45, 7) is 1.72. The molecule has 0 saturated heterocycles. The molecule has 2 aromatic rings. The maximum atomic E-state index is 13.7. The van der Waals surface area contributed by atoms with Crippen LogP contribution in [0, 0.1) is 22.9 Å². The van der Waals surface area contributed by atoms with Crippen LogP contribution < -0.4 is 11.1 Å². The van der Waals surface area contributed by atoms with E-state index < -0.39 is 16.6 Å². The van der Waals surface area contributed by atoms with Crippen molar-refractivity contribution in [1.82, 2.24) is 0 Å². The fourth-order valence-electron chi connectivity index (χ4n) is 1.82. The number of para-hydroxylation sites is 1. The number of hydrogen-bond acceptors (Lipinski definition) is 4. The number of nitro groups is 1. The number of rotatable bonds is 3. The number of benzene rings is 2. The lowest BCUT2D eigenvalue weighted by Crippen LogP contribution is -2.15. The summed E-state index contributed by atoms with van der Waals surface area (Å²) in [6, 6.07) is 8.19. The van der Waals surface area contributed by atoms with E-state index in [2.05, 4.69) is 5.32 Å². The molecule has 0 fully saturated rings. The summed E-state index contributed by atoms with van der Waals surface area (Å²) in [4.78, 5) is 22.2. The van der Waals surface area contributed by atoms with Crippen LogP contribution in [0.25, 0.3) is 0 Å². The molecule has 3 N–H and O–H groups in total. The van der Waals surface area contributed by atoms with E-state index in [-0.39, 0.29) is 22.6 Å². The maximum Gasteiger partial charge on any atom is 0.292 e. The molecule has 2 rings (SSSR count). The van der Waals surface area contributed by atoms with Crippen molar-refractivity contribution >= 4 is 23.0 Å². The molecule has 6 nitrogen and oxygen atoms in total. The molecule has 0 atom stereocenters. The standard InChI is InChI=1S/C14H12FN3O3/c1-8-5-6-11(10(15)7-8)17-14(19)9-3-2-4-12(13(9)16)18(20)21/h2-7H,16H2,1H3,(H,17,19). The van der Waals surface area contributed by atoms with Crippen LogP contribution in [0.5, 0.6) is 0 Å². The third-order valence-electron chi connectivity index (χ3n) is 2.90. The molecule has 0 heterocycles. The molecule has 7 heteroatoms. The lowest BCUT2D eigenvalue weighted by atomic mass is 10.1. The molecule has 0 unspecified atom stereocenters. The molecule has 1 amide bonds. The first-order chi connectivity index (χ1) is 9.90. The molecule has 108 valence electrons. The van der Waals surface area contributed by atoms with Crippen molar-refractivity contribution < 1.29 is 14.1 Å². The Bertz CT molecular complexity index is 731. The van der Waals surface area contributed by atoms with Crippen LogP contribution in [-0.4, -0.2) is 10.8 Å². The second-order valence-electron chi connectivity index (χ2n) is 4.43. The second kappa shape index (κ2) is 5.58. The Kier molecular flexibility index (Phi) is 3.84. The number of anilines is 2. The first-order valence-corrected chi connectivity index (χ1v) is 6.00. The molecular formula is C14H12FN3O3. The first kappa shape index (κ1) is 14.4. The number of nitrogens with one attached hydrogen (secondary N) is 1. The summed E-state index contributed by atoms with van der Waals surface area (Å²) < 4.78 is 13.7. The molecular weight excluding hydrogens is 277 g/mol. The van der Waals surface area contributed by atoms with Gasteiger partial charge < -0.3 is 11.1 Å². The highest BCUT2D eigenvalue weighted by Gasteiger charge is 2.19. The summed E-state index contributed by atoms with van der Waals surface area (Å²) >= 11 is 0. The van der Waals surface area contributed by atoms with Gasteiger partial charge >= 0.3 is 0 Å². The predicted molar refractivity (Wildman–Crippen MR) is 76.6 cm³/mol. The summed E-state index contributed by atoms with van der Waals surface area (Å²) in [7, 11) is 0. The van der Waals surface area contributed by atoms with E-state index in [0.717, 1.165) is 0 Å². The normalized spacial score (nSPS) is 10.2. The monoisotopic (exact) mass is 289 g/mol. The number of nitro benzene ring substituents is 1. The second-order valence-corrected chi connectivity index (χ2v) is 4.43. The quantitative estimate of drug-likeness (QED) is 0.515. The number of carbonyl (C=O) groups is 1. The van der Waals surface area contributed by atoms with E-state index in [1.165, 1.54) is 30.3 Å². The number of aryl methyl sites for hydroxylation is 1. The largest absolute Gasteiger partial charge is 0.393 e. The van der Waals surface area contributed by atoms with E-state index >= 15 is 0 Å². The van der Waals surface area contributed by atoms with Crippen molar-refractivity contribution in [1.29, 1.82) is 0 Å². The lowest BCUT2D eigenvalue weighted by Gasteiger charge is -2.09. The van der Waals surface area contributed by atoms with Crippen LogP contribution >= 0.6 is 0 Å². The van der Waals surface area contributed by atoms with Gasteiger partial charge in [-0.05, 0) is 30.7 Å². The third-order valence-corrected chi connectivity index (χ3v) is 2.90. The molecule has 0 saturated carbocycles. The molecule has 0 bridgehead atoms. The van der Waals surface area contributed by atoms with Gasteiger partial charge in [-0.2, -0.15) is 0 Å². The van der Waals surface area contributed by atoms with Crippen molar-refractivity contribution in [3.63, 3.8) is 0 Å². The molecule has 0 aromatic heterocycles. The summed E-state index contributed by atoms with van der Waals surface area (Å²) in [5, 5.41) is 13.1. The molecule has 0 aliphatic heterocycles. The van der Waals surface area contributed by atoms with E-state index in [1.54, 1.807) is 13.0 Å². The van der Waals surface area contributed by atoms with Gasteiger partial charge in [0, 0.05) is 6.07 Å². The van der Waals surface area contributed by atoms with Crippen LogP contribution in [0.1, 0.15) is 15.9 Å². The summed E-state index contributed by atoms with van der Waals surface area (Å²) in [6.07, 6.45) is 0. The van der Waals surface area contributed by atoms with Crippen molar-refractivity contribution in [3.8, 4) is 0 Å². The van der Waals surface area contributed by atoms with E-state index in [4.69, 9.17) is 5.73 Å². The van der Waals surface area contributed by atoms with Crippen LogP contribution in [0.3, 0.4) is 0 Å². The Hall–Kier alpha value is -2.96. The van der Waals surface area contributed by atoms with Crippen LogP contribution in [0.4, 0.5) is 21.5 Å². The highest BCUT2D eigenvalue weighted by molar-refractivity contribution is 6.08. The Labute approximate surface area is 119 Å². The minimum Gasteiger partial charge on any atom is -0.393 e. The van der Waals surface area contributed by atoms with Gasteiger partial charge in [0.1, 0.15) is 11.5 Å². The average molecular weight is 289 g/mol. The minimum atomic E-state index is -0.709. The number of hydrogen-bond donors (Lipinski definition) is 2. The number of nitrogen functional groups attached to an aromatic ring is 1. The van der Waals surface area contributed by atoms with Gasteiger partial charge in [0.25, 0.3) is 11.6 Å². The number of amides is 1. The predicted octanol–water partition coefficient (Wildman–Crippen LogP) is 2.88. The molecule has 2 aromatic carbocycles. The smallest absolute Gasteiger partial charge is 0.292 e. The van der Waals surface area contributed by atoms with Crippen molar-refractivity contribution in [2.24, 2.45) is 0 Å². The number of nitrogens with two attached hydrogens (primary N) is 1. The number of halogens is 1. The van der Waals surface area contributed by atoms with Crippen molar-refractivity contribution in [2.45, 2.75) is 6.92 Å². The van der Waals surface area contributed by atoms with E-state index in [1.807, 2.05) is 0 Å². The first-order valence-electron chi connectivity index (χ1n) is 6.00. The average Bonchev–Trinajstić information content (AvgIpc) is 2.41. The fraction of sp³-hybridized carbons (Fsp3) is 0.0714. The summed E-state index contributed by atoms with van der Waals surface area (Å²) in [5.41, 5.74) is 5.59. The highest BCUT2D eigenvalue weighted by Crippen LogP contribution is 2.26. The topological polar surface area (TPSA) is 98.3 Å². The molecule has 0 spiro atoms. The number of carbonyl (C=O) groups excluding carboxylic acids is 1. The SMILES string of the molecule is Cc1ccc(NC(=O)c2cccc([N+](=O)[O-])c2N)c(F)c1. The van der Waals surface area contributed by atoms with Crippen molar-refractivity contribution in [2.75, 3.05) is 11.1 Å². The zero-order chi connectivity index (χ0) is 15.6.